The Kier molecular flexibility index (Phi) is 4.29. The number of carbonyl (C=O) groups is 1. The molecule has 1 aromatic carbocycles. The van der Waals surface area contributed by atoms with Crippen LogP contribution in [0.15, 0.2) is 24.3 Å². The summed E-state index contributed by atoms with van der Waals surface area (Å²) in [5.41, 5.74) is 2.81. The number of aliphatic hydroxyl groups is 1. The quantitative estimate of drug-likeness (QED) is 0.874. The lowest BCUT2D eigenvalue weighted by Crippen LogP contribution is -2.47. The van der Waals surface area contributed by atoms with Gasteiger partial charge in [0, 0.05) is 12.5 Å². The van der Waals surface area contributed by atoms with Gasteiger partial charge in [-0.05, 0) is 55.1 Å². The maximum atomic E-state index is 12.3. The fourth-order valence-corrected chi connectivity index (χ4v) is 3.83. The summed E-state index contributed by atoms with van der Waals surface area (Å²) < 4.78 is 0. The van der Waals surface area contributed by atoms with Crippen molar-refractivity contribution in [3.8, 4) is 0 Å². The molecule has 3 rings (SSSR count). The lowest BCUT2D eigenvalue weighted by atomic mass is 9.76. The number of aliphatic hydroxyl groups excluding tert-OH is 1. The lowest BCUT2D eigenvalue weighted by Gasteiger charge is -2.37. The van der Waals surface area contributed by atoms with Crippen LogP contribution in [0.5, 0.6) is 0 Å². The largest absolute Gasteiger partial charge is 0.393 e. The van der Waals surface area contributed by atoms with E-state index in [4.69, 9.17) is 0 Å². The predicted molar refractivity (Wildman–Crippen MR) is 82.9 cm³/mol. The minimum Gasteiger partial charge on any atom is -0.393 e. The molecule has 1 fully saturated rings. The van der Waals surface area contributed by atoms with Crippen LogP contribution in [0.3, 0.4) is 0 Å². The van der Waals surface area contributed by atoms with Crippen LogP contribution in [0, 0.1) is 11.8 Å². The van der Waals surface area contributed by atoms with Gasteiger partial charge in [-0.2, -0.15) is 0 Å². The maximum Gasteiger partial charge on any atom is 0.220 e. The number of hydrogen-bond donors (Lipinski definition) is 2. The third kappa shape index (κ3) is 3.29. The van der Waals surface area contributed by atoms with E-state index < -0.39 is 0 Å². The number of fused-ring (bicyclic) bond motifs is 1. The molecule has 3 nitrogen and oxygen atoms in total. The van der Waals surface area contributed by atoms with Crippen molar-refractivity contribution < 1.29 is 9.90 Å². The van der Waals surface area contributed by atoms with Crippen LogP contribution in [0.2, 0.25) is 0 Å². The van der Waals surface area contributed by atoms with Gasteiger partial charge in [0.25, 0.3) is 0 Å². The second-order valence-electron chi connectivity index (χ2n) is 6.71. The van der Waals surface area contributed by atoms with Crippen LogP contribution in [0.4, 0.5) is 0 Å². The highest BCUT2D eigenvalue weighted by atomic mass is 16.3. The van der Waals surface area contributed by atoms with Crippen LogP contribution in [0.25, 0.3) is 0 Å². The van der Waals surface area contributed by atoms with Gasteiger partial charge in [0.05, 0.1) is 6.10 Å². The average Bonchev–Trinajstić information content (AvgIpc) is 2.83. The number of nitrogens with one attached hydrogen (secondary N) is 1. The zero-order valence-corrected chi connectivity index (χ0v) is 12.7. The Morgan fingerprint density at radius 2 is 1.90 bits per heavy atom. The summed E-state index contributed by atoms with van der Waals surface area (Å²) in [6.45, 7) is 2.11. The summed E-state index contributed by atoms with van der Waals surface area (Å²) in [5.74, 6) is 1.10. The summed E-state index contributed by atoms with van der Waals surface area (Å²) in [7, 11) is 0. The van der Waals surface area contributed by atoms with Crippen LogP contribution >= 0.6 is 0 Å². The third-order valence-corrected chi connectivity index (χ3v) is 5.11. The molecule has 0 aliphatic heterocycles. The Bertz CT molecular complexity index is 483. The first-order chi connectivity index (χ1) is 10.2. The van der Waals surface area contributed by atoms with Crippen molar-refractivity contribution in [2.75, 3.05) is 0 Å². The summed E-state index contributed by atoms with van der Waals surface area (Å²) in [5, 5.41) is 12.6. The molecule has 0 unspecified atom stereocenters. The molecule has 3 heteroatoms. The molecule has 1 atom stereocenters. The van der Waals surface area contributed by atoms with Crippen LogP contribution in [-0.2, 0) is 17.6 Å². The van der Waals surface area contributed by atoms with Gasteiger partial charge in [0.15, 0.2) is 0 Å². The molecule has 2 N–H and O–H groups in total. The van der Waals surface area contributed by atoms with Crippen molar-refractivity contribution in [2.45, 2.75) is 57.6 Å². The summed E-state index contributed by atoms with van der Waals surface area (Å²) >= 11 is 0. The van der Waals surface area contributed by atoms with Gasteiger partial charge in [-0.25, -0.2) is 0 Å². The molecule has 1 aromatic rings. The van der Waals surface area contributed by atoms with Crippen molar-refractivity contribution in [3.63, 3.8) is 0 Å². The van der Waals surface area contributed by atoms with E-state index in [0.29, 0.717) is 18.3 Å². The van der Waals surface area contributed by atoms with E-state index in [1.165, 1.54) is 11.1 Å². The predicted octanol–water partition coefficient (Wildman–Crippen LogP) is 2.46. The highest BCUT2D eigenvalue weighted by molar-refractivity contribution is 5.76. The van der Waals surface area contributed by atoms with Crippen molar-refractivity contribution in [1.82, 2.24) is 5.32 Å². The zero-order valence-electron chi connectivity index (χ0n) is 12.7. The molecule has 2 aliphatic rings. The number of rotatable bonds is 5. The van der Waals surface area contributed by atoms with Crippen LogP contribution < -0.4 is 5.32 Å². The fraction of sp³-hybridized carbons (Fsp3) is 0.611. The molecule has 0 aromatic heterocycles. The first-order valence-corrected chi connectivity index (χ1v) is 8.20. The number of benzene rings is 1. The molecule has 1 amide bonds. The monoisotopic (exact) mass is 287 g/mol. The molecular weight excluding hydrogens is 262 g/mol. The Hall–Kier alpha value is -1.35. The van der Waals surface area contributed by atoms with E-state index in [1.54, 1.807) is 0 Å². The Balaban J connectivity index is 1.49. The molecule has 0 heterocycles. The first kappa shape index (κ1) is 14.6. The minimum absolute atomic E-state index is 0.148. The van der Waals surface area contributed by atoms with Gasteiger partial charge >= 0.3 is 0 Å². The van der Waals surface area contributed by atoms with Crippen molar-refractivity contribution in [3.05, 3.63) is 35.4 Å². The smallest absolute Gasteiger partial charge is 0.220 e. The molecule has 21 heavy (non-hydrogen) atoms. The van der Waals surface area contributed by atoms with Crippen molar-refractivity contribution in [1.29, 1.82) is 0 Å². The van der Waals surface area contributed by atoms with Crippen molar-refractivity contribution >= 4 is 5.91 Å². The van der Waals surface area contributed by atoms with Gasteiger partial charge in [0.1, 0.15) is 0 Å². The van der Waals surface area contributed by atoms with E-state index in [-0.39, 0.29) is 18.1 Å². The molecule has 0 spiro atoms. The first-order valence-electron chi connectivity index (χ1n) is 8.20. The van der Waals surface area contributed by atoms with E-state index in [2.05, 4.69) is 36.5 Å². The Morgan fingerprint density at radius 3 is 2.43 bits per heavy atom. The van der Waals surface area contributed by atoms with Crippen LogP contribution in [0.1, 0.15) is 43.7 Å². The number of amides is 1. The van der Waals surface area contributed by atoms with Crippen LogP contribution in [-0.4, -0.2) is 23.2 Å². The molecule has 114 valence electrons. The zero-order chi connectivity index (χ0) is 14.8. The number of carbonyl (C=O) groups excluding carboxylic acids is 1. The summed E-state index contributed by atoms with van der Waals surface area (Å²) in [6, 6.07) is 8.76. The van der Waals surface area contributed by atoms with E-state index in [1.807, 2.05) is 0 Å². The summed E-state index contributed by atoms with van der Waals surface area (Å²) in [4.78, 5) is 12.3. The molecule has 1 saturated carbocycles. The Morgan fingerprint density at radius 1 is 1.29 bits per heavy atom. The van der Waals surface area contributed by atoms with Crippen molar-refractivity contribution in [2.24, 2.45) is 11.8 Å². The highest BCUT2D eigenvalue weighted by Crippen LogP contribution is 2.32. The van der Waals surface area contributed by atoms with E-state index >= 15 is 0 Å². The van der Waals surface area contributed by atoms with Gasteiger partial charge in [-0.1, -0.05) is 31.2 Å². The standard InChI is InChI=1S/C18H25NO2/c1-2-17(15-10-16(20)11-15)19-18(21)9-12-7-13-5-3-4-6-14(13)8-12/h3-6,12,15-17,20H,2,7-11H2,1H3,(H,19,21)/t15?,16?,17-/m0/s1. The van der Waals surface area contributed by atoms with Gasteiger partial charge in [-0.15, -0.1) is 0 Å². The second-order valence-corrected chi connectivity index (χ2v) is 6.71. The molecule has 0 saturated heterocycles. The topological polar surface area (TPSA) is 49.3 Å². The molecular formula is C18H25NO2. The second kappa shape index (κ2) is 6.18. The minimum atomic E-state index is -0.148. The molecule has 0 bridgehead atoms. The highest BCUT2D eigenvalue weighted by Gasteiger charge is 2.34. The summed E-state index contributed by atoms with van der Waals surface area (Å²) in [6.07, 6.45) is 5.17. The normalized spacial score (nSPS) is 26.0. The molecule has 0 radical (unpaired) electrons. The van der Waals surface area contributed by atoms with Gasteiger partial charge in [-0.3, -0.25) is 4.79 Å². The average molecular weight is 287 g/mol. The SMILES string of the molecule is CC[C@H](NC(=O)CC1Cc2ccccc2C1)C1CC(O)C1. The number of hydrogen-bond acceptors (Lipinski definition) is 2. The fourth-order valence-electron chi connectivity index (χ4n) is 3.83. The van der Waals surface area contributed by atoms with E-state index in [9.17, 15) is 9.90 Å². The van der Waals surface area contributed by atoms with Gasteiger partial charge in [0.2, 0.25) is 5.91 Å². The maximum absolute atomic E-state index is 12.3. The van der Waals surface area contributed by atoms with Gasteiger partial charge < -0.3 is 10.4 Å². The third-order valence-electron chi connectivity index (χ3n) is 5.11. The lowest BCUT2D eigenvalue weighted by molar-refractivity contribution is -0.123. The molecule has 2 aliphatic carbocycles. The Labute approximate surface area is 126 Å². The van der Waals surface area contributed by atoms with E-state index in [0.717, 1.165) is 32.1 Å².